The number of esters is 2. The molecule has 0 amide bonds. The number of benzene rings is 2. The van der Waals surface area contributed by atoms with E-state index < -0.39 is 17.9 Å². The van der Waals surface area contributed by atoms with Gasteiger partial charge >= 0.3 is 11.9 Å². The van der Waals surface area contributed by atoms with Gasteiger partial charge in [-0.1, -0.05) is 36.9 Å². The van der Waals surface area contributed by atoms with Crippen molar-refractivity contribution in [3.05, 3.63) is 93.4 Å². The van der Waals surface area contributed by atoms with Gasteiger partial charge in [0.05, 0.1) is 33.5 Å². The van der Waals surface area contributed by atoms with Crippen molar-refractivity contribution in [3.8, 4) is 0 Å². The lowest BCUT2D eigenvalue weighted by molar-refractivity contribution is -0.138. The highest BCUT2D eigenvalue weighted by Crippen LogP contribution is 2.43. The molecule has 7 heteroatoms. The van der Waals surface area contributed by atoms with Crippen LogP contribution in [0.15, 0.2) is 86.9 Å². The molecule has 7 nitrogen and oxygen atoms in total. The zero-order valence-electron chi connectivity index (χ0n) is 17.3. The molecule has 1 atom stereocenters. The minimum Gasteiger partial charge on any atom is -0.458 e. The third-order valence-corrected chi connectivity index (χ3v) is 5.71. The Hall–Kier alpha value is -4.13. The molecule has 3 heterocycles. The molecule has 3 aromatic rings. The lowest BCUT2D eigenvalue weighted by atomic mass is 9.80. The smallest absolute Gasteiger partial charge is 0.337 e. The molecule has 0 saturated carbocycles. The van der Waals surface area contributed by atoms with Gasteiger partial charge < -0.3 is 19.2 Å². The third kappa shape index (κ3) is 2.93. The number of fused-ring (bicyclic) bond motifs is 2. The molecule has 160 valence electrons. The van der Waals surface area contributed by atoms with Gasteiger partial charge in [0.2, 0.25) is 5.43 Å². The van der Waals surface area contributed by atoms with Gasteiger partial charge in [0.15, 0.2) is 0 Å². The average Bonchev–Trinajstić information content (AvgIpc) is 3.16. The summed E-state index contributed by atoms with van der Waals surface area (Å²) in [7, 11) is 0. The summed E-state index contributed by atoms with van der Waals surface area (Å²) < 4.78 is 16.7. The molecule has 5 rings (SSSR count). The first-order valence-corrected chi connectivity index (χ1v) is 10.1. The summed E-state index contributed by atoms with van der Waals surface area (Å²) in [6, 6.07) is 12.1. The number of para-hydroxylation sites is 2. The second-order valence-electron chi connectivity index (χ2n) is 7.60. The Morgan fingerprint density at radius 3 is 2.78 bits per heavy atom. The van der Waals surface area contributed by atoms with E-state index in [9.17, 15) is 14.4 Å². The number of allylic oxidation sites excluding steroid dienone is 1. The Bertz CT molecular complexity index is 1440. The zero-order valence-corrected chi connectivity index (χ0v) is 17.3. The molecule has 0 aliphatic carbocycles. The fourth-order valence-electron chi connectivity index (χ4n) is 4.33. The van der Waals surface area contributed by atoms with Gasteiger partial charge in [0.25, 0.3) is 0 Å². The molecule has 32 heavy (non-hydrogen) atoms. The Balaban J connectivity index is 1.80. The monoisotopic (exact) mass is 429 g/mol. The van der Waals surface area contributed by atoms with Crippen LogP contribution in [0.2, 0.25) is 0 Å². The molecule has 2 aromatic carbocycles. The number of ether oxygens (including phenoxy) is 2. The Labute approximate surface area is 182 Å². The van der Waals surface area contributed by atoms with E-state index in [4.69, 9.17) is 13.9 Å². The van der Waals surface area contributed by atoms with Crippen LogP contribution in [0.1, 0.15) is 18.4 Å². The maximum Gasteiger partial charge on any atom is 0.337 e. The highest BCUT2D eigenvalue weighted by Gasteiger charge is 2.43. The minimum absolute atomic E-state index is 0.0218. The molecule has 1 aromatic heterocycles. The van der Waals surface area contributed by atoms with Crippen molar-refractivity contribution in [1.29, 1.82) is 0 Å². The normalized spacial score (nSPS) is 17.9. The molecule has 2 aliphatic heterocycles. The number of cyclic esters (lactones) is 1. The van der Waals surface area contributed by atoms with Crippen molar-refractivity contribution >= 4 is 33.9 Å². The molecule has 1 N–H and O–H groups in total. The van der Waals surface area contributed by atoms with Crippen LogP contribution in [-0.2, 0) is 19.1 Å². The largest absolute Gasteiger partial charge is 0.458 e. The summed E-state index contributed by atoms with van der Waals surface area (Å²) in [6.45, 7) is 5.41. The highest BCUT2D eigenvalue weighted by atomic mass is 16.5. The van der Waals surface area contributed by atoms with E-state index in [0.29, 0.717) is 44.5 Å². The minimum atomic E-state index is -0.813. The fourth-order valence-corrected chi connectivity index (χ4v) is 4.33. The number of rotatable bonds is 4. The van der Waals surface area contributed by atoms with Crippen LogP contribution >= 0.6 is 0 Å². The van der Waals surface area contributed by atoms with E-state index in [1.165, 1.54) is 6.08 Å². The SMILES string of the molecule is C=CCOC(=O)C1=C(C)NC2=C(C(=O)OC2)C1c1cccc2c(=O)c3ccccc3oc12. The quantitative estimate of drug-likeness (QED) is 0.386. The lowest BCUT2D eigenvalue weighted by Crippen LogP contribution is -2.30. The summed E-state index contributed by atoms with van der Waals surface area (Å²) in [5.74, 6) is -1.93. The predicted molar refractivity (Wildman–Crippen MR) is 118 cm³/mol. The molecule has 0 saturated heterocycles. The van der Waals surface area contributed by atoms with E-state index in [-0.39, 0.29) is 24.2 Å². The molecule has 0 spiro atoms. The summed E-state index contributed by atoms with van der Waals surface area (Å²) >= 11 is 0. The highest BCUT2D eigenvalue weighted by molar-refractivity contribution is 6.03. The van der Waals surface area contributed by atoms with Crippen molar-refractivity contribution in [2.24, 2.45) is 0 Å². The van der Waals surface area contributed by atoms with Gasteiger partial charge in [-0.05, 0) is 25.1 Å². The van der Waals surface area contributed by atoms with Crippen molar-refractivity contribution in [1.82, 2.24) is 5.32 Å². The van der Waals surface area contributed by atoms with Crippen LogP contribution in [0.4, 0.5) is 0 Å². The van der Waals surface area contributed by atoms with Crippen LogP contribution in [-0.4, -0.2) is 25.2 Å². The summed E-state index contributed by atoms with van der Waals surface area (Å²) in [6.07, 6.45) is 1.47. The maximum absolute atomic E-state index is 13.1. The van der Waals surface area contributed by atoms with Crippen molar-refractivity contribution in [2.75, 3.05) is 13.2 Å². The molecular formula is C25H19NO6. The maximum atomic E-state index is 13.1. The van der Waals surface area contributed by atoms with Gasteiger partial charge in [0.1, 0.15) is 24.4 Å². The second-order valence-corrected chi connectivity index (χ2v) is 7.60. The lowest BCUT2D eigenvalue weighted by Gasteiger charge is -2.27. The van der Waals surface area contributed by atoms with Crippen LogP contribution in [0.3, 0.4) is 0 Å². The number of hydrogen-bond acceptors (Lipinski definition) is 7. The average molecular weight is 429 g/mol. The van der Waals surface area contributed by atoms with Gasteiger partial charge in [0, 0.05) is 11.3 Å². The third-order valence-electron chi connectivity index (χ3n) is 5.71. The fraction of sp³-hybridized carbons (Fsp3) is 0.160. The van der Waals surface area contributed by atoms with Crippen LogP contribution in [0.25, 0.3) is 21.9 Å². The standard InChI is InChI=1S/C25H19NO6/c1-3-11-30-24(28)19-13(2)26-17-12-31-25(29)21(17)20(19)15-8-6-9-16-22(27)14-7-4-5-10-18(14)32-23(15)16/h3-10,20,26H,1,11-12H2,2H3. The zero-order chi connectivity index (χ0) is 22.4. The first-order valence-electron chi connectivity index (χ1n) is 10.1. The van der Waals surface area contributed by atoms with Crippen LogP contribution < -0.4 is 10.7 Å². The number of carbonyl (C=O) groups excluding carboxylic acids is 2. The first-order chi connectivity index (χ1) is 15.5. The van der Waals surface area contributed by atoms with E-state index in [1.54, 1.807) is 49.4 Å². The first kappa shape index (κ1) is 19.8. The van der Waals surface area contributed by atoms with Crippen LogP contribution in [0, 0.1) is 0 Å². The Morgan fingerprint density at radius 2 is 1.97 bits per heavy atom. The summed E-state index contributed by atoms with van der Waals surface area (Å²) in [4.78, 5) is 38.9. The van der Waals surface area contributed by atoms with E-state index in [1.807, 2.05) is 0 Å². The topological polar surface area (TPSA) is 94.8 Å². The molecule has 0 bridgehead atoms. The predicted octanol–water partition coefficient (Wildman–Crippen LogP) is 3.45. The Kier molecular flexibility index (Phi) is 4.66. The molecular weight excluding hydrogens is 410 g/mol. The van der Waals surface area contributed by atoms with Crippen LogP contribution in [0.5, 0.6) is 0 Å². The van der Waals surface area contributed by atoms with Gasteiger partial charge in [-0.15, -0.1) is 0 Å². The number of dihydropyridines is 1. The van der Waals surface area contributed by atoms with Gasteiger partial charge in [-0.25, -0.2) is 9.59 Å². The molecule has 0 fully saturated rings. The van der Waals surface area contributed by atoms with Gasteiger partial charge in [-0.3, -0.25) is 4.79 Å². The Morgan fingerprint density at radius 1 is 1.19 bits per heavy atom. The van der Waals surface area contributed by atoms with Gasteiger partial charge in [-0.2, -0.15) is 0 Å². The van der Waals surface area contributed by atoms with E-state index >= 15 is 0 Å². The summed E-state index contributed by atoms with van der Waals surface area (Å²) in [5.41, 5.74) is 2.76. The van der Waals surface area contributed by atoms with Crippen molar-refractivity contribution < 1.29 is 23.5 Å². The van der Waals surface area contributed by atoms with E-state index in [0.717, 1.165) is 0 Å². The molecule has 1 unspecified atom stereocenters. The van der Waals surface area contributed by atoms with Crippen molar-refractivity contribution in [2.45, 2.75) is 12.8 Å². The number of nitrogens with one attached hydrogen (secondary N) is 1. The number of hydrogen-bond donors (Lipinski definition) is 1. The van der Waals surface area contributed by atoms with Crippen molar-refractivity contribution in [3.63, 3.8) is 0 Å². The second kappa shape index (κ2) is 7.53. The number of carbonyl (C=O) groups is 2. The van der Waals surface area contributed by atoms with E-state index in [2.05, 4.69) is 11.9 Å². The molecule has 2 aliphatic rings. The summed E-state index contributed by atoms with van der Waals surface area (Å²) in [5, 5.41) is 3.92. The molecule has 0 radical (unpaired) electrons.